The van der Waals surface area contributed by atoms with E-state index >= 15 is 0 Å². The van der Waals surface area contributed by atoms with Crippen molar-refractivity contribution >= 4 is 22.4 Å². The molecule has 0 atom stereocenters. The molecule has 0 saturated carbocycles. The third-order valence-corrected chi connectivity index (χ3v) is 2.82. The largest absolute Gasteiger partial charge is 0.490 e. The van der Waals surface area contributed by atoms with Gasteiger partial charge < -0.3 is 10.0 Å². The van der Waals surface area contributed by atoms with Gasteiger partial charge in [-0.25, -0.2) is 8.42 Å². The van der Waals surface area contributed by atoms with Crippen LogP contribution in [0.2, 0.25) is 0 Å². The third kappa shape index (κ3) is 4.41. The number of hydrogen-bond donors (Lipinski definition) is 2. The summed E-state index contributed by atoms with van der Waals surface area (Å²) in [6.07, 6.45) is 4.32. The minimum absolute atomic E-state index is 0.0274. The van der Waals surface area contributed by atoms with Gasteiger partial charge in [-0.2, -0.15) is 0 Å². The second-order valence-corrected chi connectivity index (χ2v) is 5.64. The zero-order valence-electron chi connectivity index (χ0n) is 8.29. The lowest BCUT2D eigenvalue weighted by Gasteiger charge is -2.02. The fraction of sp³-hybridized carbons (Fsp3) is 0.375. The van der Waals surface area contributed by atoms with Crippen LogP contribution in [-0.2, 0) is 16.3 Å². The molecule has 15 heavy (non-hydrogen) atoms. The van der Waals surface area contributed by atoms with Crippen molar-refractivity contribution in [1.82, 2.24) is 4.98 Å². The summed E-state index contributed by atoms with van der Waals surface area (Å²) in [5, 5.41) is 17.7. The minimum Gasteiger partial charge on any atom is -0.423 e. The number of hydrogen-bond acceptors (Lipinski definition) is 5. The number of sulfone groups is 1. The van der Waals surface area contributed by atoms with Crippen molar-refractivity contribution in [3.8, 4) is 0 Å². The summed E-state index contributed by atoms with van der Waals surface area (Å²) in [4.78, 5) is 3.79. The first-order valence-corrected chi connectivity index (χ1v) is 6.42. The molecule has 7 heteroatoms. The maximum Gasteiger partial charge on any atom is 0.490 e. The fourth-order valence-corrected chi connectivity index (χ4v) is 1.70. The minimum atomic E-state index is -3.01. The number of aromatic nitrogens is 1. The number of rotatable bonds is 4. The van der Waals surface area contributed by atoms with Gasteiger partial charge in [0, 0.05) is 24.1 Å². The standard InChI is InChI=1S/C8H12BNO4S/c1-15(13,14)3-2-7-4-8(9(11)12)6-10-5-7/h4-6,11-12H,2-3H2,1H3. The summed E-state index contributed by atoms with van der Waals surface area (Å²) in [6.45, 7) is 0. The molecular formula is C8H12BNO4S. The summed E-state index contributed by atoms with van der Waals surface area (Å²) in [7, 11) is -4.58. The summed E-state index contributed by atoms with van der Waals surface area (Å²) in [6, 6.07) is 1.53. The molecule has 0 saturated heterocycles. The number of aryl methyl sites for hydroxylation is 1. The van der Waals surface area contributed by atoms with Gasteiger partial charge in [-0.05, 0) is 12.0 Å². The molecule has 0 fully saturated rings. The van der Waals surface area contributed by atoms with Gasteiger partial charge in [0.25, 0.3) is 0 Å². The van der Waals surface area contributed by atoms with Crippen LogP contribution >= 0.6 is 0 Å². The molecule has 0 aliphatic heterocycles. The number of pyridine rings is 1. The Morgan fingerprint density at radius 3 is 2.60 bits per heavy atom. The van der Waals surface area contributed by atoms with Crippen molar-refractivity contribution in [2.45, 2.75) is 6.42 Å². The molecule has 1 aromatic rings. The van der Waals surface area contributed by atoms with Gasteiger partial charge in [0.05, 0.1) is 5.75 Å². The Morgan fingerprint density at radius 2 is 2.07 bits per heavy atom. The Morgan fingerprint density at radius 1 is 1.40 bits per heavy atom. The molecule has 1 heterocycles. The van der Waals surface area contributed by atoms with E-state index in [4.69, 9.17) is 10.0 Å². The van der Waals surface area contributed by atoms with Crippen LogP contribution in [-0.4, -0.2) is 42.6 Å². The van der Waals surface area contributed by atoms with Gasteiger partial charge in [0.15, 0.2) is 0 Å². The van der Waals surface area contributed by atoms with Gasteiger partial charge in [0.2, 0.25) is 0 Å². The average Bonchev–Trinajstić information content (AvgIpc) is 2.14. The molecule has 0 radical (unpaired) electrons. The van der Waals surface area contributed by atoms with E-state index in [9.17, 15) is 8.42 Å². The molecule has 5 nitrogen and oxygen atoms in total. The molecule has 0 aliphatic carbocycles. The van der Waals surface area contributed by atoms with E-state index in [0.717, 1.165) is 6.26 Å². The van der Waals surface area contributed by atoms with Crippen molar-refractivity contribution in [2.75, 3.05) is 12.0 Å². The highest BCUT2D eigenvalue weighted by molar-refractivity contribution is 7.90. The Hall–Kier alpha value is -0.915. The van der Waals surface area contributed by atoms with E-state index in [2.05, 4.69) is 4.98 Å². The van der Waals surface area contributed by atoms with Gasteiger partial charge in [-0.3, -0.25) is 4.98 Å². The second kappa shape index (κ2) is 4.74. The molecule has 0 spiro atoms. The normalized spacial score (nSPS) is 11.4. The first-order valence-electron chi connectivity index (χ1n) is 4.36. The van der Waals surface area contributed by atoms with Crippen LogP contribution in [0.4, 0.5) is 0 Å². The first-order chi connectivity index (χ1) is 6.88. The molecule has 0 unspecified atom stereocenters. The summed E-state index contributed by atoms with van der Waals surface area (Å²) < 4.78 is 21.8. The van der Waals surface area contributed by atoms with Crippen molar-refractivity contribution in [3.05, 3.63) is 24.0 Å². The van der Waals surface area contributed by atoms with E-state index < -0.39 is 17.0 Å². The van der Waals surface area contributed by atoms with E-state index in [1.807, 2.05) is 0 Å². The predicted octanol–water partition coefficient (Wildman–Crippen LogP) is -1.65. The molecule has 82 valence electrons. The Labute approximate surface area is 88.9 Å². The summed E-state index contributed by atoms with van der Waals surface area (Å²) in [5.74, 6) is 0.0274. The van der Waals surface area contributed by atoms with Crippen LogP contribution in [0.3, 0.4) is 0 Å². The fourth-order valence-electron chi connectivity index (χ4n) is 1.09. The lowest BCUT2D eigenvalue weighted by molar-refractivity contribution is 0.425. The van der Waals surface area contributed by atoms with E-state index in [0.29, 0.717) is 12.0 Å². The van der Waals surface area contributed by atoms with Crippen molar-refractivity contribution in [2.24, 2.45) is 0 Å². The van der Waals surface area contributed by atoms with Crippen LogP contribution in [0.1, 0.15) is 5.56 Å². The van der Waals surface area contributed by atoms with Crippen LogP contribution in [0, 0.1) is 0 Å². The molecule has 2 N–H and O–H groups in total. The van der Waals surface area contributed by atoms with Crippen molar-refractivity contribution < 1.29 is 18.5 Å². The Kier molecular flexibility index (Phi) is 3.84. The van der Waals surface area contributed by atoms with Gasteiger partial charge >= 0.3 is 7.12 Å². The first kappa shape index (κ1) is 12.2. The van der Waals surface area contributed by atoms with Crippen LogP contribution in [0.15, 0.2) is 18.5 Å². The quantitative estimate of drug-likeness (QED) is 0.604. The van der Waals surface area contributed by atoms with Crippen LogP contribution in [0.25, 0.3) is 0 Å². The maximum atomic E-state index is 10.9. The second-order valence-electron chi connectivity index (χ2n) is 3.38. The highest BCUT2D eigenvalue weighted by Gasteiger charge is 2.12. The monoisotopic (exact) mass is 229 g/mol. The average molecular weight is 229 g/mol. The highest BCUT2D eigenvalue weighted by atomic mass is 32.2. The third-order valence-electron chi connectivity index (χ3n) is 1.88. The smallest absolute Gasteiger partial charge is 0.423 e. The van der Waals surface area contributed by atoms with E-state index in [1.165, 1.54) is 18.5 Å². The molecule has 1 aromatic heterocycles. The lowest BCUT2D eigenvalue weighted by atomic mass is 9.81. The lowest BCUT2D eigenvalue weighted by Crippen LogP contribution is -2.30. The Balaban J connectivity index is 2.74. The summed E-state index contributed by atoms with van der Waals surface area (Å²) in [5.41, 5.74) is 0.937. The zero-order chi connectivity index (χ0) is 11.5. The summed E-state index contributed by atoms with van der Waals surface area (Å²) >= 11 is 0. The van der Waals surface area contributed by atoms with Crippen molar-refractivity contribution in [3.63, 3.8) is 0 Å². The maximum absolute atomic E-state index is 10.9. The Bertz CT molecular complexity index is 432. The topological polar surface area (TPSA) is 87.5 Å². The highest BCUT2D eigenvalue weighted by Crippen LogP contribution is 1.98. The number of nitrogens with zero attached hydrogens (tertiary/aromatic N) is 1. The molecule has 0 bridgehead atoms. The van der Waals surface area contributed by atoms with Crippen molar-refractivity contribution in [1.29, 1.82) is 0 Å². The zero-order valence-corrected chi connectivity index (χ0v) is 9.11. The molecule has 0 aromatic carbocycles. The SMILES string of the molecule is CS(=O)(=O)CCc1cncc(B(O)O)c1. The molecule has 0 aliphatic rings. The van der Waals surface area contributed by atoms with Gasteiger partial charge in [-0.15, -0.1) is 0 Å². The molecule has 0 amide bonds. The predicted molar refractivity (Wildman–Crippen MR) is 57.5 cm³/mol. The molecule has 1 rings (SSSR count). The van der Waals surface area contributed by atoms with E-state index in [-0.39, 0.29) is 11.2 Å². The molecular weight excluding hydrogens is 217 g/mol. The van der Waals surface area contributed by atoms with Crippen LogP contribution in [0.5, 0.6) is 0 Å². The van der Waals surface area contributed by atoms with Gasteiger partial charge in [0.1, 0.15) is 9.84 Å². The van der Waals surface area contributed by atoms with Crippen LogP contribution < -0.4 is 5.46 Å². The van der Waals surface area contributed by atoms with Gasteiger partial charge in [-0.1, -0.05) is 6.07 Å². The van der Waals surface area contributed by atoms with E-state index in [1.54, 1.807) is 0 Å².